The maximum Gasteiger partial charge on any atom is 0.274 e. The molecule has 0 spiro atoms. The van der Waals surface area contributed by atoms with Crippen molar-refractivity contribution in [1.82, 2.24) is 9.38 Å². The first-order valence-electron chi connectivity index (χ1n) is 6.61. The molecule has 4 aromatic rings. The van der Waals surface area contributed by atoms with E-state index in [1.165, 1.54) is 11.3 Å². The number of hydrogen-bond acceptors (Lipinski definition) is 4. The Hall–Kier alpha value is -1.98. The summed E-state index contributed by atoms with van der Waals surface area (Å²) in [4.78, 5) is 19.2. The largest absolute Gasteiger partial charge is 0.274 e. The van der Waals surface area contributed by atoms with Crippen LogP contribution in [-0.4, -0.2) is 9.38 Å². The highest BCUT2D eigenvalue weighted by Gasteiger charge is 2.13. The van der Waals surface area contributed by atoms with Crippen LogP contribution in [0, 0.1) is 13.8 Å². The smallest absolute Gasteiger partial charge is 0.267 e. The molecule has 0 saturated carbocycles. The average Bonchev–Trinajstić information content (AvgIpc) is 3.10. The summed E-state index contributed by atoms with van der Waals surface area (Å²) in [6.07, 6.45) is 1.95. The summed E-state index contributed by atoms with van der Waals surface area (Å²) in [6.45, 7) is 4.08. The van der Waals surface area contributed by atoms with E-state index in [0.29, 0.717) is 0 Å². The molecule has 1 aromatic carbocycles. The van der Waals surface area contributed by atoms with E-state index >= 15 is 0 Å². The second kappa shape index (κ2) is 4.51. The van der Waals surface area contributed by atoms with Crippen molar-refractivity contribution < 1.29 is 0 Å². The van der Waals surface area contributed by atoms with Crippen molar-refractivity contribution in [1.29, 1.82) is 0 Å². The number of rotatable bonds is 1. The predicted octanol–water partition coefficient (Wildman–Crippen LogP) is 3.14. The standard InChI is InChI=1S/C16H12N2OS2/c1-9-6-10(2)14-12(7-9)18-15(19)13(21-16(18)17-14)8-11-4-3-5-20-11/h3-8H,1-2H3/b13-8+. The van der Waals surface area contributed by atoms with Gasteiger partial charge in [-0.15, -0.1) is 11.3 Å². The fraction of sp³-hybridized carbons (Fsp3) is 0.125. The van der Waals surface area contributed by atoms with Gasteiger partial charge in [0, 0.05) is 4.88 Å². The lowest BCUT2D eigenvalue weighted by atomic mass is 10.1. The van der Waals surface area contributed by atoms with Gasteiger partial charge >= 0.3 is 0 Å². The Morgan fingerprint density at radius 2 is 2.14 bits per heavy atom. The number of thiophene rings is 1. The molecule has 3 aromatic heterocycles. The number of thiazole rings is 1. The Morgan fingerprint density at radius 3 is 2.90 bits per heavy atom. The third-order valence-electron chi connectivity index (χ3n) is 3.50. The van der Waals surface area contributed by atoms with Crippen LogP contribution in [0.25, 0.3) is 22.1 Å². The first-order valence-corrected chi connectivity index (χ1v) is 8.30. The summed E-state index contributed by atoms with van der Waals surface area (Å²) >= 11 is 3.08. The molecular formula is C16H12N2OS2. The van der Waals surface area contributed by atoms with Crippen LogP contribution < -0.4 is 10.1 Å². The van der Waals surface area contributed by atoms with E-state index in [1.807, 2.05) is 43.5 Å². The number of fused-ring (bicyclic) bond motifs is 3. The van der Waals surface area contributed by atoms with E-state index in [9.17, 15) is 4.79 Å². The molecule has 0 aliphatic heterocycles. The summed E-state index contributed by atoms with van der Waals surface area (Å²) in [6, 6.07) is 8.13. The summed E-state index contributed by atoms with van der Waals surface area (Å²) in [7, 11) is 0. The first kappa shape index (κ1) is 12.7. The number of aryl methyl sites for hydroxylation is 2. The van der Waals surface area contributed by atoms with Crippen LogP contribution in [0.4, 0.5) is 0 Å². The minimum Gasteiger partial charge on any atom is -0.267 e. The molecule has 21 heavy (non-hydrogen) atoms. The van der Waals surface area contributed by atoms with Crippen LogP contribution >= 0.6 is 22.7 Å². The summed E-state index contributed by atoms with van der Waals surface area (Å²) in [5.41, 5.74) is 4.12. The summed E-state index contributed by atoms with van der Waals surface area (Å²) in [5, 5.41) is 2.01. The number of benzene rings is 1. The molecule has 0 atom stereocenters. The molecule has 4 rings (SSSR count). The van der Waals surface area contributed by atoms with Crippen molar-refractivity contribution in [2.75, 3.05) is 0 Å². The van der Waals surface area contributed by atoms with Crippen LogP contribution in [-0.2, 0) is 0 Å². The molecule has 0 N–H and O–H groups in total. The molecule has 0 unspecified atom stereocenters. The van der Waals surface area contributed by atoms with Gasteiger partial charge in [0.15, 0.2) is 4.96 Å². The lowest BCUT2D eigenvalue weighted by Crippen LogP contribution is -2.22. The Kier molecular flexibility index (Phi) is 2.74. The molecule has 0 saturated heterocycles. The van der Waals surface area contributed by atoms with Crippen LogP contribution in [0.3, 0.4) is 0 Å². The van der Waals surface area contributed by atoms with E-state index in [0.717, 1.165) is 36.5 Å². The third-order valence-corrected chi connectivity index (χ3v) is 5.28. The Morgan fingerprint density at radius 1 is 1.29 bits per heavy atom. The minimum atomic E-state index is 0.0240. The van der Waals surface area contributed by atoms with Gasteiger partial charge in [-0.2, -0.15) is 0 Å². The highest BCUT2D eigenvalue weighted by molar-refractivity contribution is 7.15. The molecule has 3 heterocycles. The lowest BCUT2D eigenvalue weighted by molar-refractivity contribution is 1.19. The van der Waals surface area contributed by atoms with Crippen LogP contribution in [0.15, 0.2) is 34.4 Å². The van der Waals surface area contributed by atoms with Crippen molar-refractivity contribution in [3.63, 3.8) is 0 Å². The molecule has 0 fully saturated rings. The number of aromatic nitrogens is 2. The molecule has 0 aliphatic carbocycles. The fourth-order valence-corrected chi connectivity index (χ4v) is 4.32. The average molecular weight is 312 g/mol. The van der Waals surface area contributed by atoms with Crippen molar-refractivity contribution in [3.8, 4) is 0 Å². The molecule has 0 amide bonds. The van der Waals surface area contributed by atoms with Gasteiger partial charge in [-0.1, -0.05) is 23.5 Å². The summed E-state index contributed by atoms with van der Waals surface area (Å²) < 4.78 is 2.47. The van der Waals surface area contributed by atoms with Crippen molar-refractivity contribution in [2.24, 2.45) is 0 Å². The van der Waals surface area contributed by atoms with Gasteiger partial charge in [-0.25, -0.2) is 9.38 Å². The molecular weight excluding hydrogens is 300 g/mol. The summed E-state index contributed by atoms with van der Waals surface area (Å²) in [5.74, 6) is 0. The van der Waals surface area contributed by atoms with Gasteiger partial charge in [0.05, 0.1) is 15.6 Å². The fourth-order valence-electron chi connectivity index (χ4n) is 2.61. The SMILES string of the molecule is Cc1cc(C)c2nc3s/c(=C/c4cccs4)c(=O)n3c2c1. The maximum absolute atomic E-state index is 12.7. The Balaban J connectivity index is 2.11. The van der Waals surface area contributed by atoms with E-state index in [2.05, 4.69) is 11.1 Å². The normalized spacial score (nSPS) is 12.8. The van der Waals surface area contributed by atoms with Gasteiger partial charge in [-0.3, -0.25) is 4.79 Å². The zero-order valence-electron chi connectivity index (χ0n) is 11.6. The van der Waals surface area contributed by atoms with Crippen LogP contribution in [0.2, 0.25) is 0 Å². The Labute approximate surface area is 128 Å². The first-order chi connectivity index (χ1) is 10.1. The van der Waals surface area contributed by atoms with Crippen molar-refractivity contribution in [3.05, 3.63) is 60.5 Å². The molecule has 0 bridgehead atoms. The lowest BCUT2D eigenvalue weighted by Gasteiger charge is -1.97. The maximum atomic E-state index is 12.7. The number of hydrogen-bond donors (Lipinski definition) is 0. The van der Waals surface area contributed by atoms with Gasteiger partial charge in [0.1, 0.15) is 0 Å². The van der Waals surface area contributed by atoms with Crippen LogP contribution in [0.1, 0.15) is 16.0 Å². The number of imidazole rings is 1. The van der Waals surface area contributed by atoms with Gasteiger partial charge in [0.25, 0.3) is 5.56 Å². The molecule has 3 nitrogen and oxygen atoms in total. The van der Waals surface area contributed by atoms with Gasteiger partial charge in [-0.05, 0) is 48.6 Å². The zero-order valence-corrected chi connectivity index (χ0v) is 13.2. The third kappa shape index (κ3) is 1.92. The highest BCUT2D eigenvalue weighted by Crippen LogP contribution is 2.21. The number of nitrogens with zero attached hydrogens (tertiary/aromatic N) is 2. The van der Waals surface area contributed by atoms with Crippen LogP contribution in [0.5, 0.6) is 0 Å². The van der Waals surface area contributed by atoms with E-state index in [4.69, 9.17) is 0 Å². The molecule has 104 valence electrons. The topological polar surface area (TPSA) is 34.4 Å². The van der Waals surface area contributed by atoms with Gasteiger partial charge in [0.2, 0.25) is 0 Å². The quantitative estimate of drug-likeness (QED) is 0.541. The second-order valence-electron chi connectivity index (χ2n) is 5.11. The monoisotopic (exact) mass is 312 g/mol. The Bertz CT molecular complexity index is 1070. The second-order valence-corrected chi connectivity index (χ2v) is 7.10. The zero-order chi connectivity index (χ0) is 14.6. The van der Waals surface area contributed by atoms with E-state index < -0.39 is 0 Å². The molecule has 5 heteroatoms. The van der Waals surface area contributed by atoms with Crippen molar-refractivity contribution >= 4 is 44.7 Å². The van der Waals surface area contributed by atoms with E-state index in [1.54, 1.807) is 15.7 Å². The highest BCUT2D eigenvalue weighted by atomic mass is 32.1. The van der Waals surface area contributed by atoms with E-state index in [-0.39, 0.29) is 5.56 Å². The minimum absolute atomic E-state index is 0.0240. The predicted molar refractivity (Wildman–Crippen MR) is 89.4 cm³/mol. The molecule has 0 radical (unpaired) electrons. The molecule has 0 aliphatic rings. The van der Waals surface area contributed by atoms with Gasteiger partial charge < -0.3 is 0 Å². The van der Waals surface area contributed by atoms with Crippen molar-refractivity contribution in [2.45, 2.75) is 13.8 Å².